The Morgan fingerprint density at radius 2 is 1.78 bits per heavy atom. The van der Waals surface area contributed by atoms with Crippen molar-refractivity contribution in [1.82, 2.24) is 5.48 Å². The molecule has 0 saturated carbocycles. The Hall–Kier alpha value is -2.39. The van der Waals surface area contributed by atoms with Gasteiger partial charge in [0, 0.05) is 25.8 Å². The van der Waals surface area contributed by atoms with Crippen molar-refractivity contribution >= 4 is 84.1 Å². The van der Waals surface area contributed by atoms with Gasteiger partial charge < -0.3 is 4.84 Å². The highest BCUT2D eigenvalue weighted by Crippen LogP contribution is 2.30. The number of amidine groups is 1. The number of hydroxylamine groups is 1. The van der Waals surface area contributed by atoms with Crippen molar-refractivity contribution in [3.63, 3.8) is 0 Å². The van der Waals surface area contributed by atoms with Crippen molar-refractivity contribution in [2.75, 3.05) is 11.9 Å². The third kappa shape index (κ3) is 5.32. The fraction of sp³-hybridized carbons (Fsp3) is 0.0455. The summed E-state index contributed by atoms with van der Waals surface area (Å²) < 4.78 is 1.82. The van der Waals surface area contributed by atoms with E-state index in [1.165, 1.54) is 6.07 Å². The van der Waals surface area contributed by atoms with Crippen molar-refractivity contribution < 1.29 is 9.63 Å². The molecule has 32 heavy (non-hydrogen) atoms. The molecule has 0 unspecified atom stereocenters. The van der Waals surface area contributed by atoms with E-state index in [-0.39, 0.29) is 6.54 Å². The second-order valence-electron chi connectivity index (χ2n) is 6.61. The molecule has 162 valence electrons. The lowest BCUT2D eigenvalue weighted by Crippen LogP contribution is -2.31. The molecule has 1 aliphatic heterocycles. The highest BCUT2D eigenvalue weighted by Gasteiger charge is 2.19. The van der Waals surface area contributed by atoms with E-state index >= 15 is 0 Å². The molecule has 1 amide bonds. The largest absolute Gasteiger partial charge is 0.435 e. The zero-order valence-corrected chi connectivity index (χ0v) is 20.9. The van der Waals surface area contributed by atoms with E-state index in [1.807, 2.05) is 42.5 Å². The van der Waals surface area contributed by atoms with Gasteiger partial charge in [-0.15, -0.1) is 0 Å². The minimum Gasteiger partial charge on any atom is -0.323 e. The molecule has 0 spiro atoms. The van der Waals surface area contributed by atoms with Gasteiger partial charge in [-0.1, -0.05) is 73.3 Å². The van der Waals surface area contributed by atoms with Gasteiger partial charge in [-0.2, -0.15) is 0 Å². The first kappa shape index (κ1) is 22.8. The van der Waals surface area contributed by atoms with E-state index in [1.54, 1.807) is 12.1 Å². The number of nitrogens with zero attached hydrogens (tertiary/aromatic N) is 2. The molecule has 0 bridgehead atoms. The molecule has 0 saturated heterocycles. The van der Waals surface area contributed by atoms with E-state index in [4.69, 9.17) is 33.0 Å². The first-order chi connectivity index (χ1) is 15.4. The van der Waals surface area contributed by atoms with Gasteiger partial charge in [0.1, 0.15) is 6.54 Å². The molecule has 0 atom stereocenters. The summed E-state index contributed by atoms with van der Waals surface area (Å²) in [4.78, 5) is 26.6. The van der Waals surface area contributed by atoms with Gasteiger partial charge in [0.2, 0.25) is 0 Å². The number of carbonyl (C=O) groups excluding carboxylic acids is 1. The molecule has 0 aromatic heterocycles. The predicted octanol–water partition coefficient (Wildman–Crippen LogP) is 7.15. The Morgan fingerprint density at radius 3 is 2.56 bits per heavy atom. The zero-order valence-electron chi connectivity index (χ0n) is 16.2. The number of anilines is 1. The van der Waals surface area contributed by atoms with E-state index in [2.05, 4.69) is 47.6 Å². The standard InChI is InChI=1S/C22H14Br2Cl2N4O2/c23-12-5-8-19-15(9-12)21(14-3-1-2-4-16(14)24)27-11-20(29-19)30-32-22(31)28-13-6-7-17(25)18(26)10-13/h1-10H,11H2,(H,28,31)(H,29,30). The van der Waals surface area contributed by atoms with Gasteiger partial charge >= 0.3 is 6.09 Å². The first-order valence-electron chi connectivity index (χ1n) is 9.26. The zero-order chi connectivity index (χ0) is 22.7. The molecule has 0 aliphatic carbocycles. The van der Waals surface area contributed by atoms with E-state index in [9.17, 15) is 4.79 Å². The third-order valence-corrected chi connectivity index (χ3v) is 6.34. The number of hydrogen-bond donors (Lipinski definition) is 2. The molecule has 0 radical (unpaired) electrons. The summed E-state index contributed by atoms with van der Waals surface area (Å²) in [6.07, 6.45) is -0.735. The van der Waals surface area contributed by atoms with Gasteiger partial charge in [0.05, 0.1) is 21.4 Å². The summed E-state index contributed by atoms with van der Waals surface area (Å²) in [5, 5.41) is 3.27. The molecule has 3 aromatic rings. The lowest BCUT2D eigenvalue weighted by molar-refractivity contribution is 0.134. The van der Waals surface area contributed by atoms with E-state index in [0.717, 1.165) is 25.8 Å². The minimum absolute atomic E-state index is 0.184. The summed E-state index contributed by atoms with van der Waals surface area (Å²) in [5.41, 5.74) is 6.29. The van der Waals surface area contributed by atoms with Crippen LogP contribution in [0.25, 0.3) is 0 Å². The molecule has 10 heteroatoms. The highest BCUT2D eigenvalue weighted by molar-refractivity contribution is 9.10. The van der Waals surface area contributed by atoms with Crippen LogP contribution in [-0.2, 0) is 4.84 Å². The molecule has 0 fully saturated rings. The molecule has 1 aliphatic rings. The van der Waals surface area contributed by atoms with Crippen LogP contribution in [0.4, 0.5) is 16.2 Å². The maximum Gasteiger partial charge on any atom is 0.435 e. The van der Waals surface area contributed by atoms with Gasteiger partial charge in [-0.05, 0) is 42.5 Å². The summed E-state index contributed by atoms with van der Waals surface area (Å²) >= 11 is 19.0. The van der Waals surface area contributed by atoms with Gasteiger partial charge in [0.25, 0.3) is 0 Å². The van der Waals surface area contributed by atoms with Crippen LogP contribution in [0.5, 0.6) is 0 Å². The van der Waals surface area contributed by atoms with Crippen LogP contribution in [0, 0.1) is 0 Å². The molecule has 4 rings (SSSR count). The number of aliphatic imine (C=N–C) groups is 2. The molecule has 3 aromatic carbocycles. The number of carbonyl (C=O) groups is 1. The van der Waals surface area contributed by atoms with Crippen molar-refractivity contribution in [3.05, 3.63) is 90.8 Å². The lowest BCUT2D eigenvalue weighted by Gasteiger charge is -2.10. The average Bonchev–Trinajstić information content (AvgIpc) is 2.94. The molecule has 2 N–H and O–H groups in total. The van der Waals surface area contributed by atoms with E-state index < -0.39 is 6.09 Å². The van der Waals surface area contributed by atoms with Gasteiger partial charge in [-0.3, -0.25) is 10.3 Å². The van der Waals surface area contributed by atoms with Crippen molar-refractivity contribution in [3.8, 4) is 0 Å². The summed E-state index contributed by atoms with van der Waals surface area (Å²) in [6.45, 7) is 0.184. The Balaban J connectivity index is 1.54. The van der Waals surface area contributed by atoms with E-state index in [0.29, 0.717) is 27.3 Å². The molecular formula is C22H14Br2Cl2N4O2. The fourth-order valence-corrected chi connectivity index (χ4v) is 4.11. The van der Waals surface area contributed by atoms with Crippen molar-refractivity contribution in [2.45, 2.75) is 0 Å². The van der Waals surface area contributed by atoms with Crippen LogP contribution in [0.15, 0.2) is 79.6 Å². The summed E-state index contributed by atoms with van der Waals surface area (Å²) in [6, 6.07) is 18.3. The number of hydrogen-bond acceptors (Lipinski definition) is 5. The maximum atomic E-state index is 12.2. The maximum absolute atomic E-state index is 12.2. The smallest absolute Gasteiger partial charge is 0.323 e. The van der Waals surface area contributed by atoms with Crippen LogP contribution in [0.1, 0.15) is 11.1 Å². The highest BCUT2D eigenvalue weighted by atomic mass is 79.9. The summed E-state index contributed by atoms with van der Waals surface area (Å²) in [7, 11) is 0. The number of amides is 1. The first-order valence-corrected chi connectivity index (χ1v) is 11.6. The van der Waals surface area contributed by atoms with Crippen molar-refractivity contribution in [1.29, 1.82) is 0 Å². The third-order valence-electron chi connectivity index (χ3n) is 4.41. The minimum atomic E-state index is -0.735. The van der Waals surface area contributed by atoms with Crippen LogP contribution < -0.4 is 10.8 Å². The Kier molecular flexibility index (Phi) is 7.15. The Bertz CT molecular complexity index is 1260. The monoisotopic (exact) mass is 594 g/mol. The second kappa shape index (κ2) is 10.0. The number of fused-ring (bicyclic) bond motifs is 1. The topological polar surface area (TPSA) is 75.1 Å². The Morgan fingerprint density at radius 1 is 0.969 bits per heavy atom. The average molecular weight is 597 g/mol. The van der Waals surface area contributed by atoms with Gasteiger partial charge in [-0.25, -0.2) is 15.3 Å². The molecule has 6 nitrogen and oxygen atoms in total. The quantitative estimate of drug-likeness (QED) is 0.309. The van der Waals surface area contributed by atoms with Gasteiger partial charge in [0.15, 0.2) is 5.84 Å². The van der Waals surface area contributed by atoms with Crippen LogP contribution >= 0.6 is 55.1 Å². The number of nitrogens with one attached hydrogen (secondary N) is 2. The normalized spacial score (nSPS) is 12.8. The fourth-order valence-electron chi connectivity index (χ4n) is 2.98. The SMILES string of the molecule is O=C(Nc1ccc(Cl)c(Cl)c1)ONC1=Nc2ccc(Br)cc2C(c2ccccc2Br)=NC1. The van der Waals surface area contributed by atoms with Crippen LogP contribution in [0.3, 0.4) is 0 Å². The second-order valence-corrected chi connectivity index (χ2v) is 9.19. The predicted molar refractivity (Wildman–Crippen MR) is 136 cm³/mol. The van der Waals surface area contributed by atoms with Crippen LogP contribution in [-0.4, -0.2) is 24.2 Å². The van der Waals surface area contributed by atoms with Crippen molar-refractivity contribution in [2.24, 2.45) is 9.98 Å². The number of rotatable bonds is 2. The van der Waals surface area contributed by atoms with Crippen LogP contribution in [0.2, 0.25) is 10.0 Å². The number of benzene rings is 3. The molecule has 1 heterocycles. The lowest BCUT2D eigenvalue weighted by atomic mass is 10.0. The number of halogens is 4. The summed E-state index contributed by atoms with van der Waals surface area (Å²) in [5.74, 6) is 0.375. The Labute approximate surface area is 210 Å². The molecular weight excluding hydrogens is 583 g/mol.